The number of carbonyl (C=O) groups excluding carboxylic acids is 1. The Kier molecular flexibility index (Phi) is 10.4. The molecule has 3 fully saturated rings. The summed E-state index contributed by atoms with van der Waals surface area (Å²) in [6, 6.07) is 4.75. The van der Waals surface area contributed by atoms with Crippen LogP contribution in [0.5, 0.6) is 0 Å². The van der Waals surface area contributed by atoms with E-state index in [2.05, 4.69) is 42.4 Å². The number of hydrogen-bond donors (Lipinski definition) is 0. The topological polar surface area (TPSA) is 83.1 Å². The maximum Gasteiger partial charge on any atom is 0.310 e. The van der Waals surface area contributed by atoms with Gasteiger partial charge in [0.2, 0.25) is 0 Å². The molecule has 3 aliphatic carbocycles. The van der Waals surface area contributed by atoms with Gasteiger partial charge in [0.1, 0.15) is 13.2 Å². The monoisotopic (exact) mass is 460 g/mol. The van der Waals surface area contributed by atoms with Crippen LogP contribution in [0.4, 0.5) is 0 Å². The standard InChI is InChI=1S/C29H36N2O3/c1-2-33-17-18-34-29(32)28-19-24(8-3-22-4-9-25(20-30)10-5-22)14-16-27(28)15-13-23-6-11-26(21-31)12-7-23/h2,22-28H,1,4-7,9-12,14,16-19H2. The Morgan fingerprint density at radius 3 is 1.79 bits per heavy atom. The summed E-state index contributed by atoms with van der Waals surface area (Å²) in [4.78, 5) is 12.9. The summed E-state index contributed by atoms with van der Waals surface area (Å²) in [5.41, 5.74) is 0. The van der Waals surface area contributed by atoms with Gasteiger partial charge in [-0.15, -0.1) is 0 Å². The zero-order valence-electron chi connectivity index (χ0n) is 20.1. The molecule has 5 heteroatoms. The minimum absolute atomic E-state index is 0.00868. The SMILES string of the molecule is C=COCCOC(=O)C1CC(C#CC2CCC(C#N)CC2)CCC1C#CC1CCC(C#N)CC1. The van der Waals surface area contributed by atoms with Gasteiger partial charge in [-0.1, -0.05) is 30.3 Å². The van der Waals surface area contributed by atoms with Crippen molar-refractivity contribution in [1.82, 2.24) is 0 Å². The Morgan fingerprint density at radius 1 is 0.735 bits per heavy atom. The predicted molar refractivity (Wildman–Crippen MR) is 129 cm³/mol. The number of esters is 1. The van der Waals surface area contributed by atoms with E-state index in [1.807, 2.05) is 0 Å². The number of nitriles is 2. The highest BCUT2D eigenvalue weighted by Crippen LogP contribution is 2.36. The molecule has 0 aliphatic heterocycles. The molecule has 0 aromatic heterocycles. The van der Waals surface area contributed by atoms with Crippen LogP contribution in [-0.2, 0) is 14.3 Å². The lowest BCUT2D eigenvalue weighted by atomic mass is 9.73. The summed E-state index contributed by atoms with van der Waals surface area (Å²) in [7, 11) is 0. The molecule has 0 aromatic carbocycles. The maximum atomic E-state index is 12.9. The molecule has 0 amide bonds. The van der Waals surface area contributed by atoms with E-state index in [0.29, 0.717) is 24.9 Å². The van der Waals surface area contributed by atoms with Gasteiger partial charge in [-0.2, -0.15) is 10.5 Å². The number of hydrogen-bond acceptors (Lipinski definition) is 5. The largest absolute Gasteiger partial charge is 0.498 e. The second kappa shape index (κ2) is 13.7. The van der Waals surface area contributed by atoms with Crippen LogP contribution in [0.1, 0.15) is 70.6 Å². The smallest absolute Gasteiger partial charge is 0.310 e. The normalized spacial score (nSPS) is 32.8. The lowest BCUT2D eigenvalue weighted by Crippen LogP contribution is -2.32. The van der Waals surface area contributed by atoms with Crippen molar-refractivity contribution in [2.75, 3.05) is 13.2 Å². The first-order valence-corrected chi connectivity index (χ1v) is 12.8. The van der Waals surface area contributed by atoms with Gasteiger partial charge >= 0.3 is 5.97 Å². The van der Waals surface area contributed by atoms with Gasteiger partial charge in [-0.3, -0.25) is 4.79 Å². The van der Waals surface area contributed by atoms with Crippen molar-refractivity contribution in [3.05, 3.63) is 12.8 Å². The average molecular weight is 461 g/mol. The van der Waals surface area contributed by atoms with E-state index in [4.69, 9.17) is 20.0 Å². The third-order valence-electron chi connectivity index (χ3n) is 7.50. The molecule has 5 nitrogen and oxygen atoms in total. The van der Waals surface area contributed by atoms with Gasteiger partial charge in [0.25, 0.3) is 0 Å². The van der Waals surface area contributed by atoms with Crippen LogP contribution in [0.3, 0.4) is 0 Å². The van der Waals surface area contributed by atoms with E-state index < -0.39 is 0 Å². The molecular formula is C29H36N2O3. The van der Waals surface area contributed by atoms with E-state index in [0.717, 1.165) is 64.2 Å². The molecular weight excluding hydrogens is 424 g/mol. The van der Waals surface area contributed by atoms with Crippen LogP contribution in [0.2, 0.25) is 0 Å². The number of nitrogens with zero attached hydrogens (tertiary/aromatic N) is 2. The molecule has 0 N–H and O–H groups in total. The van der Waals surface area contributed by atoms with E-state index >= 15 is 0 Å². The van der Waals surface area contributed by atoms with Crippen molar-refractivity contribution in [1.29, 1.82) is 10.5 Å². The summed E-state index contributed by atoms with van der Waals surface area (Å²) < 4.78 is 10.6. The Labute approximate surface area is 204 Å². The molecule has 0 saturated heterocycles. The van der Waals surface area contributed by atoms with Crippen LogP contribution < -0.4 is 0 Å². The highest BCUT2D eigenvalue weighted by atomic mass is 16.6. The third-order valence-corrected chi connectivity index (χ3v) is 7.50. The Balaban J connectivity index is 1.60. The van der Waals surface area contributed by atoms with E-state index in [9.17, 15) is 4.79 Å². The van der Waals surface area contributed by atoms with Crippen LogP contribution in [-0.4, -0.2) is 19.2 Å². The Bertz CT molecular complexity index is 890. The van der Waals surface area contributed by atoms with Gasteiger partial charge in [0.15, 0.2) is 0 Å². The number of carbonyl (C=O) groups is 1. The first kappa shape index (κ1) is 25.7. The first-order chi connectivity index (χ1) is 16.6. The minimum Gasteiger partial charge on any atom is -0.498 e. The van der Waals surface area contributed by atoms with Gasteiger partial charge in [0, 0.05) is 35.5 Å². The summed E-state index contributed by atoms with van der Waals surface area (Å²) in [6.45, 7) is 4.01. The van der Waals surface area contributed by atoms with E-state index in [1.165, 1.54) is 6.26 Å². The number of rotatable bonds is 5. The molecule has 0 radical (unpaired) electrons. The van der Waals surface area contributed by atoms with Crippen LogP contribution in [0.15, 0.2) is 12.8 Å². The molecule has 180 valence electrons. The molecule has 0 heterocycles. The summed E-state index contributed by atoms with van der Waals surface area (Å²) in [5.74, 6) is 14.5. The van der Waals surface area contributed by atoms with Crippen molar-refractivity contribution in [3.8, 4) is 35.8 Å². The summed E-state index contributed by atoms with van der Waals surface area (Å²) in [6.07, 6.45) is 11.5. The first-order valence-electron chi connectivity index (χ1n) is 12.8. The summed E-state index contributed by atoms with van der Waals surface area (Å²) in [5, 5.41) is 18.2. The van der Waals surface area contributed by atoms with Crippen LogP contribution in [0, 0.1) is 87.8 Å². The molecule has 3 rings (SSSR count). The van der Waals surface area contributed by atoms with Crippen molar-refractivity contribution in [2.45, 2.75) is 70.6 Å². The molecule has 0 bridgehead atoms. The van der Waals surface area contributed by atoms with Gasteiger partial charge < -0.3 is 9.47 Å². The highest BCUT2D eigenvalue weighted by Gasteiger charge is 2.35. The van der Waals surface area contributed by atoms with Crippen molar-refractivity contribution in [3.63, 3.8) is 0 Å². The maximum absolute atomic E-state index is 12.9. The van der Waals surface area contributed by atoms with Gasteiger partial charge in [-0.25, -0.2) is 0 Å². The second-order valence-corrected chi connectivity index (χ2v) is 9.86. The highest BCUT2D eigenvalue weighted by molar-refractivity contribution is 5.73. The van der Waals surface area contributed by atoms with Crippen molar-refractivity contribution < 1.29 is 14.3 Å². The molecule has 34 heavy (non-hydrogen) atoms. The van der Waals surface area contributed by atoms with Crippen LogP contribution in [0.25, 0.3) is 0 Å². The van der Waals surface area contributed by atoms with Crippen LogP contribution >= 0.6 is 0 Å². The number of ether oxygens (including phenoxy) is 2. The second-order valence-electron chi connectivity index (χ2n) is 9.86. The van der Waals surface area contributed by atoms with Crippen molar-refractivity contribution >= 4 is 5.97 Å². The molecule has 3 unspecified atom stereocenters. The fraction of sp³-hybridized carbons (Fsp3) is 0.690. The Morgan fingerprint density at radius 2 is 1.24 bits per heavy atom. The fourth-order valence-corrected chi connectivity index (χ4v) is 5.31. The summed E-state index contributed by atoms with van der Waals surface area (Å²) >= 11 is 0. The molecule has 3 saturated carbocycles. The lowest BCUT2D eigenvalue weighted by Gasteiger charge is -2.30. The van der Waals surface area contributed by atoms with Crippen molar-refractivity contribution in [2.24, 2.45) is 41.4 Å². The zero-order valence-corrected chi connectivity index (χ0v) is 20.1. The molecule has 0 spiro atoms. The average Bonchev–Trinajstić information content (AvgIpc) is 2.89. The van der Waals surface area contributed by atoms with E-state index in [-0.39, 0.29) is 42.2 Å². The molecule has 3 atom stereocenters. The predicted octanol–water partition coefficient (Wildman–Crippen LogP) is 5.39. The lowest BCUT2D eigenvalue weighted by molar-refractivity contribution is -0.152. The zero-order chi connectivity index (χ0) is 24.2. The van der Waals surface area contributed by atoms with Gasteiger partial charge in [0.05, 0.1) is 24.3 Å². The third kappa shape index (κ3) is 7.86. The molecule has 0 aromatic rings. The fourth-order valence-electron chi connectivity index (χ4n) is 5.31. The minimum atomic E-state index is -0.269. The Hall–Kier alpha value is -2.89. The molecule has 3 aliphatic rings. The quantitative estimate of drug-likeness (QED) is 0.238. The van der Waals surface area contributed by atoms with E-state index in [1.54, 1.807) is 0 Å². The van der Waals surface area contributed by atoms with Gasteiger partial charge in [-0.05, 0) is 70.6 Å².